The zero-order chi connectivity index (χ0) is 9.80. The molecule has 0 saturated heterocycles. The molecule has 2 rings (SSSR count). The van der Waals surface area contributed by atoms with Crippen LogP contribution in [0.4, 0.5) is 0 Å². The second-order valence-electron chi connectivity index (χ2n) is 3.72. The van der Waals surface area contributed by atoms with E-state index in [9.17, 15) is 0 Å². The predicted octanol–water partition coefficient (Wildman–Crippen LogP) is 3.45. The van der Waals surface area contributed by atoms with E-state index >= 15 is 0 Å². The molecule has 1 heterocycles. The quantitative estimate of drug-likeness (QED) is 0.748. The maximum atomic E-state index is 5.82. The van der Waals surface area contributed by atoms with Gasteiger partial charge in [-0.25, -0.2) is 0 Å². The molecule has 0 unspecified atom stereocenters. The van der Waals surface area contributed by atoms with Crippen LogP contribution in [0, 0.1) is 0 Å². The van der Waals surface area contributed by atoms with Crippen molar-refractivity contribution in [2.75, 3.05) is 0 Å². The molecule has 0 atom stereocenters. The van der Waals surface area contributed by atoms with Crippen LogP contribution in [0.5, 0.6) is 5.75 Å². The third kappa shape index (κ3) is 2.61. The monoisotopic (exact) mass is 211 g/mol. The first-order valence-electron chi connectivity index (χ1n) is 5.12. The average Bonchev–Trinajstić information content (AvgIpc) is 2.19. The van der Waals surface area contributed by atoms with Gasteiger partial charge in [-0.15, -0.1) is 0 Å². The Morgan fingerprint density at radius 2 is 2.00 bits per heavy atom. The summed E-state index contributed by atoms with van der Waals surface area (Å²) in [4.78, 5) is 3.99. The Kier molecular flexibility index (Phi) is 3.25. The standard InChI is InChI=1S/C11H14ClNO/c12-9-6-11(8-13-7-9)14-10-4-2-1-3-5-10/h6-8,10H,1-5H2. The van der Waals surface area contributed by atoms with Crippen molar-refractivity contribution in [2.24, 2.45) is 0 Å². The second kappa shape index (κ2) is 4.65. The lowest BCUT2D eigenvalue weighted by molar-refractivity contribution is 0.154. The fraction of sp³-hybridized carbons (Fsp3) is 0.545. The van der Waals surface area contributed by atoms with Crippen molar-refractivity contribution in [3.63, 3.8) is 0 Å². The normalized spacial score (nSPS) is 18.1. The van der Waals surface area contributed by atoms with Crippen molar-refractivity contribution in [2.45, 2.75) is 38.2 Å². The molecule has 0 amide bonds. The minimum atomic E-state index is 0.365. The number of aromatic nitrogens is 1. The molecule has 14 heavy (non-hydrogen) atoms. The summed E-state index contributed by atoms with van der Waals surface area (Å²) in [5.74, 6) is 0.796. The van der Waals surface area contributed by atoms with Crippen molar-refractivity contribution in [3.05, 3.63) is 23.5 Å². The number of hydrogen-bond acceptors (Lipinski definition) is 2. The molecule has 2 nitrogen and oxygen atoms in total. The van der Waals surface area contributed by atoms with E-state index in [-0.39, 0.29) is 0 Å². The van der Waals surface area contributed by atoms with Gasteiger partial charge in [-0.1, -0.05) is 18.0 Å². The Bertz CT molecular complexity index is 297. The minimum Gasteiger partial charge on any atom is -0.489 e. The summed E-state index contributed by atoms with van der Waals surface area (Å²) in [5, 5.41) is 0.637. The summed E-state index contributed by atoms with van der Waals surface area (Å²) >= 11 is 5.82. The van der Waals surface area contributed by atoms with Gasteiger partial charge in [-0.05, 0) is 25.7 Å². The molecule has 0 aromatic carbocycles. The Hall–Kier alpha value is -0.760. The first-order chi connectivity index (χ1) is 6.84. The van der Waals surface area contributed by atoms with Gasteiger partial charge in [0.25, 0.3) is 0 Å². The molecule has 0 N–H and O–H groups in total. The van der Waals surface area contributed by atoms with Crippen LogP contribution in [0.1, 0.15) is 32.1 Å². The van der Waals surface area contributed by atoms with E-state index in [0.717, 1.165) is 18.6 Å². The third-order valence-electron chi connectivity index (χ3n) is 2.53. The van der Waals surface area contributed by atoms with Gasteiger partial charge in [-0.2, -0.15) is 0 Å². The number of rotatable bonds is 2. The minimum absolute atomic E-state index is 0.365. The van der Waals surface area contributed by atoms with Crippen molar-refractivity contribution < 1.29 is 4.74 Å². The second-order valence-corrected chi connectivity index (χ2v) is 4.15. The third-order valence-corrected chi connectivity index (χ3v) is 2.74. The molecule has 1 fully saturated rings. The molecule has 1 aromatic rings. The first-order valence-corrected chi connectivity index (χ1v) is 5.49. The summed E-state index contributed by atoms with van der Waals surface area (Å²) in [5.41, 5.74) is 0. The van der Waals surface area contributed by atoms with Gasteiger partial charge >= 0.3 is 0 Å². The van der Waals surface area contributed by atoms with E-state index in [1.165, 1.54) is 19.3 Å². The highest BCUT2D eigenvalue weighted by Crippen LogP contribution is 2.24. The number of halogens is 1. The van der Waals surface area contributed by atoms with Gasteiger partial charge in [0.15, 0.2) is 0 Å². The van der Waals surface area contributed by atoms with Crippen LogP contribution < -0.4 is 4.74 Å². The lowest BCUT2D eigenvalue weighted by atomic mass is 9.98. The van der Waals surface area contributed by atoms with Crippen molar-refractivity contribution >= 4 is 11.6 Å². The van der Waals surface area contributed by atoms with Crippen molar-refractivity contribution in [1.82, 2.24) is 4.98 Å². The fourth-order valence-corrected chi connectivity index (χ4v) is 2.00. The smallest absolute Gasteiger partial charge is 0.139 e. The molecule has 3 heteroatoms. The SMILES string of the molecule is Clc1cncc(OC2CCCCC2)c1. The van der Waals surface area contributed by atoms with Crippen LogP contribution >= 0.6 is 11.6 Å². The topological polar surface area (TPSA) is 22.1 Å². The largest absolute Gasteiger partial charge is 0.489 e. The zero-order valence-corrected chi connectivity index (χ0v) is 8.83. The molecule has 0 spiro atoms. The molecular formula is C11H14ClNO. The van der Waals surface area contributed by atoms with Crippen molar-refractivity contribution in [1.29, 1.82) is 0 Å². The summed E-state index contributed by atoms with van der Waals surface area (Å²) in [7, 11) is 0. The van der Waals surface area contributed by atoms with Crippen molar-refractivity contribution in [3.8, 4) is 5.75 Å². The van der Waals surface area contributed by atoms with Gasteiger partial charge in [0.05, 0.1) is 17.3 Å². The highest BCUT2D eigenvalue weighted by atomic mass is 35.5. The number of pyridine rings is 1. The van der Waals surface area contributed by atoms with Gasteiger partial charge in [0, 0.05) is 12.3 Å². The van der Waals surface area contributed by atoms with Crippen LogP contribution in [0.25, 0.3) is 0 Å². The summed E-state index contributed by atoms with van der Waals surface area (Å²) in [6.45, 7) is 0. The van der Waals surface area contributed by atoms with Crippen LogP contribution in [0.3, 0.4) is 0 Å². The van der Waals surface area contributed by atoms with Gasteiger partial charge in [0.2, 0.25) is 0 Å². The number of nitrogens with zero attached hydrogens (tertiary/aromatic N) is 1. The van der Waals surface area contributed by atoms with Crippen LogP contribution in [0.2, 0.25) is 5.02 Å². The summed E-state index contributed by atoms with van der Waals surface area (Å²) in [6, 6.07) is 1.82. The Balaban J connectivity index is 1.95. The van der Waals surface area contributed by atoms with E-state index in [1.807, 2.05) is 6.07 Å². The Morgan fingerprint density at radius 3 is 2.71 bits per heavy atom. The number of hydrogen-bond donors (Lipinski definition) is 0. The predicted molar refractivity (Wildman–Crippen MR) is 56.7 cm³/mol. The van der Waals surface area contributed by atoms with Crippen LogP contribution in [0.15, 0.2) is 18.5 Å². The molecule has 0 bridgehead atoms. The molecule has 1 aliphatic carbocycles. The van der Waals surface area contributed by atoms with E-state index in [1.54, 1.807) is 12.4 Å². The molecule has 1 aromatic heterocycles. The highest BCUT2D eigenvalue weighted by molar-refractivity contribution is 6.30. The summed E-state index contributed by atoms with van der Waals surface area (Å²) in [6.07, 6.45) is 9.92. The van der Waals surface area contributed by atoms with Crippen LogP contribution in [-0.2, 0) is 0 Å². The summed E-state index contributed by atoms with van der Waals surface area (Å²) < 4.78 is 5.79. The molecule has 76 valence electrons. The van der Waals surface area contributed by atoms with E-state index in [0.29, 0.717) is 11.1 Å². The highest BCUT2D eigenvalue weighted by Gasteiger charge is 2.14. The molecular weight excluding hydrogens is 198 g/mol. The van der Waals surface area contributed by atoms with Gasteiger partial charge in [0.1, 0.15) is 5.75 Å². The molecule has 1 aliphatic rings. The van der Waals surface area contributed by atoms with Gasteiger partial charge in [-0.3, -0.25) is 4.98 Å². The maximum absolute atomic E-state index is 5.82. The Morgan fingerprint density at radius 1 is 1.21 bits per heavy atom. The lowest BCUT2D eigenvalue weighted by Gasteiger charge is -2.22. The zero-order valence-electron chi connectivity index (χ0n) is 8.08. The molecule has 1 saturated carbocycles. The van der Waals surface area contributed by atoms with Gasteiger partial charge < -0.3 is 4.74 Å². The molecule has 0 aliphatic heterocycles. The maximum Gasteiger partial charge on any atom is 0.139 e. The lowest BCUT2D eigenvalue weighted by Crippen LogP contribution is -2.19. The average molecular weight is 212 g/mol. The Labute approximate surface area is 89.3 Å². The number of ether oxygens (including phenoxy) is 1. The van der Waals surface area contributed by atoms with E-state index < -0.39 is 0 Å². The van der Waals surface area contributed by atoms with Crippen LogP contribution in [-0.4, -0.2) is 11.1 Å². The van der Waals surface area contributed by atoms with E-state index in [4.69, 9.17) is 16.3 Å². The fourth-order valence-electron chi connectivity index (χ4n) is 1.83. The van der Waals surface area contributed by atoms with E-state index in [2.05, 4.69) is 4.98 Å². The first kappa shape index (κ1) is 9.78. The molecule has 0 radical (unpaired) electrons.